The first kappa shape index (κ1) is 21.1. The number of carbonyl (C=O) groups excluding carboxylic acids is 1. The Morgan fingerprint density at radius 1 is 1.13 bits per heavy atom. The average molecular weight is 503 g/mol. The van der Waals surface area contributed by atoms with Crippen LogP contribution < -0.4 is 10.6 Å². The van der Waals surface area contributed by atoms with Gasteiger partial charge in [0.15, 0.2) is 0 Å². The second kappa shape index (κ2) is 8.56. The summed E-state index contributed by atoms with van der Waals surface area (Å²) < 4.78 is 42.5. The van der Waals surface area contributed by atoms with Crippen LogP contribution in [0.1, 0.15) is 17.2 Å². The molecule has 2 N–H and O–H groups in total. The highest BCUT2D eigenvalue weighted by molar-refractivity contribution is 9.10. The second-order valence-corrected chi connectivity index (χ2v) is 9.24. The molecule has 0 saturated heterocycles. The van der Waals surface area contributed by atoms with E-state index in [0.29, 0.717) is 10.2 Å². The van der Waals surface area contributed by atoms with Crippen LogP contribution in [0.3, 0.4) is 0 Å². The lowest BCUT2D eigenvalue weighted by molar-refractivity contribution is -0.114. The average Bonchev–Trinajstić information content (AvgIpc) is 2.76. The Morgan fingerprint density at radius 3 is 2.61 bits per heavy atom. The molecule has 0 bridgehead atoms. The molecule has 0 fully saturated rings. The Hall–Kier alpha value is -3.11. The summed E-state index contributed by atoms with van der Waals surface area (Å²) in [6.07, 6.45) is 1.63. The van der Waals surface area contributed by atoms with E-state index >= 15 is 0 Å². The van der Waals surface area contributed by atoms with Crippen molar-refractivity contribution in [2.45, 2.75) is 10.8 Å². The molecule has 2 aromatic carbocycles. The van der Waals surface area contributed by atoms with Crippen molar-refractivity contribution in [2.24, 2.45) is 4.40 Å². The van der Waals surface area contributed by atoms with E-state index in [9.17, 15) is 17.6 Å². The zero-order valence-electron chi connectivity index (χ0n) is 15.9. The maximum atomic E-state index is 13.4. The summed E-state index contributed by atoms with van der Waals surface area (Å²) in [4.78, 5) is 17.0. The van der Waals surface area contributed by atoms with Crippen LogP contribution in [0.4, 0.5) is 10.1 Å². The minimum atomic E-state index is -4.03. The Labute approximate surface area is 186 Å². The van der Waals surface area contributed by atoms with Gasteiger partial charge in [-0.05, 0) is 48.0 Å². The zero-order chi connectivity index (χ0) is 22.0. The number of fused-ring (bicyclic) bond motifs is 1. The van der Waals surface area contributed by atoms with Crippen LogP contribution in [0, 0.1) is 5.82 Å². The van der Waals surface area contributed by atoms with Crippen molar-refractivity contribution in [2.75, 3.05) is 11.9 Å². The third-order valence-corrected chi connectivity index (χ3v) is 6.49. The van der Waals surface area contributed by atoms with E-state index in [2.05, 4.69) is 35.9 Å². The van der Waals surface area contributed by atoms with Gasteiger partial charge in [-0.1, -0.05) is 34.1 Å². The highest BCUT2D eigenvalue weighted by atomic mass is 79.9. The lowest BCUT2D eigenvalue weighted by Crippen LogP contribution is -2.40. The Bertz CT molecular complexity index is 1270. The molecule has 7 nitrogen and oxygen atoms in total. The van der Waals surface area contributed by atoms with Crippen LogP contribution in [-0.4, -0.2) is 31.7 Å². The van der Waals surface area contributed by atoms with E-state index in [1.54, 1.807) is 42.6 Å². The first-order valence-corrected chi connectivity index (χ1v) is 11.4. The number of benzene rings is 2. The van der Waals surface area contributed by atoms with Crippen molar-refractivity contribution in [1.29, 1.82) is 0 Å². The predicted octanol–water partition coefficient (Wildman–Crippen LogP) is 3.44. The van der Waals surface area contributed by atoms with Gasteiger partial charge in [-0.3, -0.25) is 9.78 Å². The molecule has 31 heavy (non-hydrogen) atoms. The van der Waals surface area contributed by atoms with Crippen LogP contribution in [0.25, 0.3) is 0 Å². The van der Waals surface area contributed by atoms with Crippen molar-refractivity contribution in [3.05, 3.63) is 88.4 Å². The third kappa shape index (κ3) is 4.64. The lowest BCUT2D eigenvalue weighted by Gasteiger charge is -2.20. The van der Waals surface area contributed by atoms with Crippen LogP contribution in [-0.2, 0) is 14.8 Å². The number of sulfonamides is 1. The van der Waals surface area contributed by atoms with E-state index in [0.717, 1.165) is 5.56 Å². The van der Waals surface area contributed by atoms with Crippen molar-refractivity contribution in [3.63, 3.8) is 0 Å². The summed E-state index contributed by atoms with van der Waals surface area (Å²) in [6, 6.07) is 15.9. The number of hydrogen-bond acceptors (Lipinski definition) is 5. The summed E-state index contributed by atoms with van der Waals surface area (Å²) in [7, 11) is -4.03. The van der Waals surface area contributed by atoms with Gasteiger partial charge < -0.3 is 10.6 Å². The van der Waals surface area contributed by atoms with Gasteiger partial charge in [0.05, 0.1) is 5.69 Å². The molecule has 1 aliphatic heterocycles. The molecule has 1 aliphatic rings. The maximum Gasteiger partial charge on any atom is 0.287 e. The molecule has 2 heterocycles. The number of rotatable bonds is 5. The van der Waals surface area contributed by atoms with Gasteiger partial charge >= 0.3 is 0 Å². The lowest BCUT2D eigenvalue weighted by atomic mass is 9.95. The minimum Gasteiger partial charge on any atom is -0.348 e. The van der Waals surface area contributed by atoms with Crippen molar-refractivity contribution in [1.82, 2.24) is 10.3 Å². The molecule has 0 saturated carbocycles. The van der Waals surface area contributed by atoms with Gasteiger partial charge in [0.1, 0.15) is 10.7 Å². The van der Waals surface area contributed by atoms with Crippen LogP contribution in [0.5, 0.6) is 0 Å². The quantitative estimate of drug-likeness (QED) is 0.556. The normalized spacial score (nSPS) is 15.2. The summed E-state index contributed by atoms with van der Waals surface area (Å²) in [5, 5.41) is 5.47. The predicted molar refractivity (Wildman–Crippen MR) is 118 cm³/mol. The monoisotopic (exact) mass is 502 g/mol. The van der Waals surface area contributed by atoms with Crippen LogP contribution in [0.2, 0.25) is 0 Å². The van der Waals surface area contributed by atoms with Gasteiger partial charge in [-0.25, -0.2) is 4.39 Å². The third-order valence-electron chi connectivity index (χ3n) is 4.69. The number of pyridine rings is 1. The molecule has 1 atom stereocenters. The van der Waals surface area contributed by atoms with Gasteiger partial charge in [0.25, 0.3) is 15.9 Å². The molecular weight excluding hydrogens is 487 g/mol. The standard InChI is InChI=1S/C21H16BrFN4O3S/c22-14-6-9-18-19(11-14)31(29,30)27-20(26-18)21(28)25-12-16(17-3-1-2-10-24-17)13-4-7-15(23)8-5-13/h1-11,16H,12H2,(H,25,28)(H,26,27). The highest BCUT2D eigenvalue weighted by Gasteiger charge is 2.29. The zero-order valence-corrected chi connectivity index (χ0v) is 18.3. The van der Waals surface area contributed by atoms with Crippen LogP contribution >= 0.6 is 15.9 Å². The second-order valence-electron chi connectivity index (χ2n) is 6.75. The fourth-order valence-electron chi connectivity index (χ4n) is 3.18. The molecule has 3 aromatic rings. The number of aromatic nitrogens is 1. The van der Waals surface area contributed by atoms with E-state index in [4.69, 9.17) is 0 Å². The van der Waals surface area contributed by atoms with E-state index in [1.165, 1.54) is 18.2 Å². The number of hydrogen-bond donors (Lipinski definition) is 2. The Morgan fingerprint density at radius 2 is 1.90 bits per heavy atom. The summed E-state index contributed by atoms with van der Waals surface area (Å²) >= 11 is 3.23. The van der Waals surface area contributed by atoms with E-state index < -0.39 is 15.9 Å². The number of amidine groups is 1. The molecule has 0 aliphatic carbocycles. The minimum absolute atomic E-state index is 0.0175. The first-order chi connectivity index (χ1) is 14.8. The summed E-state index contributed by atoms with van der Waals surface area (Å²) in [6.45, 7) is 0.107. The van der Waals surface area contributed by atoms with Gasteiger partial charge in [0, 0.05) is 28.8 Å². The molecule has 1 amide bonds. The number of anilines is 1. The number of halogens is 2. The molecule has 0 radical (unpaired) electrons. The topological polar surface area (TPSA) is 101 Å². The van der Waals surface area contributed by atoms with Crippen molar-refractivity contribution >= 4 is 43.4 Å². The first-order valence-electron chi connectivity index (χ1n) is 9.19. The molecule has 158 valence electrons. The van der Waals surface area contributed by atoms with E-state index in [1.807, 2.05) is 6.07 Å². The maximum absolute atomic E-state index is 13.4. The fraction of sp³-hybridized carbons (Fsp3) is 0.0952. The van der Waals surface area contributed by atoms with Crippen molar-refractivity contribution in [3.8, 4) is 0 Å². The van der Waals surface area contributed by atoms with Gasteiger partial charge in [-0.15, -0.1) is 4.40 Å². The molecule has 1 aromatic heterocycles. The number of amides is 1. The Balaban J connectivity index is 1.57. The number of nitrogens with one attached hydrogen (secondary N) is 2. The molecule has 10 heteroatoms. The van der Waals surface area contributed by atoms with Gasteiger partial charge in [-0.2, -0.15) is 8.42 Å². The van der Waals surface area contributed by atoms with Crippen molar-refractivity contribution < 1.29 is 17.6 Å². The fourth-order valence-corrected chi connectivity index (χ4v) is 4.83. The largest absolute Gasteiger partial charge is 0.348 e. The molecule has 1 unspecified atom stereocenters. The SMILES string of the molecule is O=C(NCC(c1ccc(F)cc1)c1ccccn1)C1=NS(=O)(=O)c2cc(Br)ccc2N1. The Kier molecular flexibility index (Phi) is 5.84. The number of nitrogens with zero attached hydrogens (tertiary/aromatic N) is 2. The molecular formula is C21H16BrFN4O3S. The van der Waals surface area contributed by atoms with Crippen LogP contribution in [0.15, 0.2) is 80.6 Å². The molecule has 4 rings (SSSR count). The summed E-state index contributed by atoms with van der Waals surface area (Å²) in [5.41, 5.74) is 1.70. The smallest absolute Gasteiger partial charge is 0.287 e. The highest BCUT2D eigenvalue weighted by Crippen LogP contribution is 2.30. The van der Waals surface area contributed by atoms with E-state index in [-0.39, 0.29) is 34.7 Å². The number of carbonyl (C=O) groups is 1. The molecule has 0 spiro atoms. The van der Waals surface area contributed by atoms with Gasteiger partial charge in [0.2, 0.25) is 5.84 Å². The summed E-state index contributed by atoms with van der Waals surface area (Å²) in [5.74, 6) is -1.74.